The summed E-state index contributed by atoms with van der Waals surface area (Å²) in [5.41, 5.74) is 2.15. The van der Waals surface area contributed by atoms with E-state index in [1.807, 2.05) is 18.7 Å². The number of hydrogen-bond acceptors (Lipinski definition) is 6. The summed E-state index contributed by atoms with van der Waals surface area (Å²) >= 11 is 6.12. The third-order valence-electron chi connectivity index (χ3n) is 4.66. The van der Waals surface area contributed by atoms with Crippen LogP contribution in [0.2, 0.25) is 5.02 Å². The number of carboxylic acids is 1. The Kier molecular flexibility index (Phi) is 5.98. The number of fused-ring (bicyclic) bond motifs is 1. The molecule has 3 rings (SSSR count). The molecule has 0 amide bonds. The Bertz CT molecular complexity index is 1100. The molecule has 1 aromatic carbocycles. The van der Waals surface area contributed by atoms with Gasteiger partial charge in [0.2, 0.25) is 5.95 Å². The molecule has 0 bridgehead atoms. The summed E-state index contributed by atoms with van der Waals surface area (Å²) in [4.78, 5) is 27.0. The summed E-state index contributed by atoms with van der Waals surface area (Å²) in [6.45, 7) is 9.20. The van der Waals surface area contributed by atoms with Crippen LogP contribution in [0.15, 0.2) is 37.3 Å². The van der Waals surface area contributed by atoms with Crippen molar-refractivity contribution in [1.82, 2.24) is 15.0 Å². The van der Waals surface area contributed by atoms with Gasteiger partial charge in [-0.05, 0) is 31.5 Å². The molecule has 0 saturated carbocycles. The lowest BCUT2D eigenvalue weighted by atomic mass is 9.95. The minimum Gasteiger partial charge on any atom is -0.494 e. The zero-order valence-corrected chi connectivity index (χ0v) is 17.2. The molecule has 3 aromatic rings. The minimum absolute atomic E-state index is 0.0945. The standard InChI is InChI=1S/C21H21ClN4O3/c1-5-26(6-2)21-24-11-17-16(13-7-14(22)10-23-9-13)8-15(12(3)20(27)28)19(29-4)18(17)25-21/h7-11H,3,5-6H2,1-2,4H3,(H,27,28). The van der Waals surface area contributed by atoms with Gasteiger partial charge in [0.1, 0.15) is 5.52 Å². The Hall–Kier alpha value is -3.19. The Morgan fingerprint density at radius 3 is 2.55 bits per heavy atom. The number of benzene rings is 1. The summed E-state index contributed by atoms with van der Waals surface area (Å²) in [6.07, 6.45) is 4.89. The molecular formula is C21H21ClN4O3. The topological polar surface area (TPSA) is 88.4 Å². The first kappa shape index (κ1) is 20.5. The zero-order valence-electron chi connectivity index (χ0n) is 16.4. The van der Waals surface area contributed by atoms with Crippen LogP contribution in [0.5, 0.6) is 5.75 Å². The van der Waals surface area contributed by atoms with Gasteiger partial charge in [-0.15, -0.1) is 0 Å². The summed E-state index contributed by atoms with van der Waals surface area (Å²) < 4.78 is 5.57. The van der Waals surface area contributed by atoms with Crippen LogP contribution in [0.25, 0.3) is 27.6 Å². The van der Waals surface area contributed by atoms with Gasteiger partial charge in [0.05, 0.1) is 17.7 Å². The van der Waals surface area contributed by atoms with Crippen LogP contribution in [0, 0.1) is 0 Å². The first-order valence-electron chi connectivity index (χ1n) is 9.07. The van der Waals surface area contributed by atoms with Crippen LogP contribution in [0.3, 0.4) is 0 Å². The molecule has 0 aliphatic heterocycles. The van der Waals surface area contributed by atoms with Gasteiger partial charge in [0, 0.05) is 48.2 Å². The third kappa shape index (κ3) is 3.86. The van der Waals surface area contributed by atoms with Crippen LogP contribution in [-0.2, 0) is 4.79 Å². The number of aromatic nitrogens is 3. The summed E-state index contributed by atoms with van der Waals surface area (Å²) in [5.74, 6) is -0.271. The number of nitrogens with zero attached hydrogens (tertiary/aromatic N) is 4. The second-order valence-corrected chi connectivity index (χ2v) is 6.72. The Balaban J connectivity index is 2.41. The van der Waals surface area contributed by atoms with E-state index in [9.17, 15) is 9.90 Å². The van der Waals surface area contributed by atoms with E-state index in [2.05, 4.69) is 16.5 Å². The first-order valence-corrected chi connectivity index (χ1v) is 9.45. The van der Waals surface area contributed by atoms with Crippen LogP contribution in [-0.4, -0.2) is 46.2 Å². The van der Waals surface area contributed by atoms with Crippen molar-refractivity contribution in [2.45, 2.75) is 13.8 Å². The number of carboxylic acid groups (broad SMARTS) is 1. The molecule has 1 N–H and O–H groups in total. The highest BCUT2D eigenvalue weighted by molar-refractivity contribution is 6.30. The minimum atomic E-state index is -1.14. The molecule has 8 heteroatoms. The Labute approximate surface area is 173 Å². The fraction of sp³-hybridized carbons (Fsp3) is 0.238. The van der Waals surface area contributed by atoms with Gasteiger partial charge in [-0.3, -0.25) is 4.98 Å². The lowest BCUT2D eigenvalue weighted by molar-refractivity contribution is -0.130. The van der Waals surface area contributed by atoms with Gasteiger partial charge < -0.3 is 14.7 Å². The van der Waals surface area contributed by atoms with Crippen LogP contribution >= 0.6 is 11.6 Å². The molecule has 0 unspecified atom stereocenters. The van der Waals surface area contributed by atoms with Crippen molar-refractivity contribution < 1.29 is 14.6 Å². The molecule has 7 nitrogen and oxygen atoms in total. The maximum atomic E-state index is 11.6. The maximum Gasteiger partial charge on any atom is 0.335 e. The lowest BCUT2D eigenvalue weighted by Gasteiger charge is -2.20. The smallest absolute Gasteiger partial charge is 0.335 e. The van der Waals surface area contributed by atoms with Gasteiger partial charge in [-0.1, -0.05) is 18.2 Å². The fourth-order valence-electron chi connectivity index (χ4n) is 3.16. The number of pyridine rings is 1. The zero-order chi connectivity index (χ0) is 21.1. The normalized spacial score (nSPS) is 10.8. The highest BCUT2D eigenvalue weighted by atomic mass is 35.5. The van der Waals surface area contributed by atoms with Crippen molar-refractivity contribution in [1.29, 1.82) is 0 Å². The molecule has 0 atom stereocenters. The molecule has 0 spiro atoms. The largest absolute Gasteiger partial charge is 0.494 e. The van der Waals surface area contributed by atoms with E-state index in [0.717, 1.165) is 13.1 Å². The summed E-state index contributed by atoms with van der Waals surface area (Å²) in [7, 11) is 1.48. The van der Waals surface area contributed by atoms with Gasteiger partial charge in [0.25, 0.3) is 0 Å². The van der Waals surface area contributed by atoms with E-state index in [1.54, 1.807) is 24.5 Å². The van der Waals surface area contributed by atoms with Crippen molar-refractivity contribution in [2.75, 3.05) is 25.1 Å². The average molecular weight is 413 g/mol. The number of halogens is 1. The highest BCUT2D eigenvalue weighted by Crippen LogP contribution is 2.40. The second-order valence-electron chi connectivity index (χ2n) is 6.29. The quantitative estimate of drug-likeness (QED) is 0.579. The summed E-state index contributed by atoms with van der Waals surface area (Å²) in [6, 6.07) is 3.45. The van der Waals surface area contributed by atoms with Crippen molar-refractivity contribution >= 4 is 40.0 Å². The monoisotopic (exact) mass is 412 g/mol. The van der Waals surface area contributed by atoms with Gasteiger partial charge in [-0.25, -0.2) is 14.8 Å². The molecule has 0 aliphatic rings. The van der Waals surface area contributed by atoms with Crippen molar-refractivity contribution in [3.8, 4) is 16.9 Å². The Morgan fingerprint density at radius 2 is 1.97 bits per heavy atom. The number of aliphatic carboxylic acids is 1. The molecule has 150 valence electrons. The number of hydrogen-bond donors (Lipinski definition) is 1. The third-order valence-corrected chi connectivity index (χ3v) is 4.87. The van der Waals surface area contributed by atoms with Crippen LogP contribution < -0.4 is 9.64 Å². The first-order chi connectivity index (χ1) is 13.9. The highest BCUT2D eigenvalue weighted by Gasteiger charge is 2.22. The number of carbonyl (C=O) groups is 1. The van der Waals surface area contributed by atoms with Crippen molar-refractivity contribution in [3.63, 3.8) is 0 Å². The second kappa shape index (κ2) is 8.45. The molecule has 0 radical (unpaired) electrons. The average Bonchev–Trinajstić information content (AvgIpc) is 2.72. The van der Waals surface area contributed by atoms with Crippen molar-refractivity contribution in [2.24, 2.45) is 0 Å². The van der Waals surface area contributed by atoms with Crippen LogP contribution in [0.4, 0.5) is 5.95 Å². The van der Waals surface area contributed by atoms with E-state index < -0.39 is 5.97 Å². The van der Waals surface area contributed by atoms with E-state index >= 15 is 0 Å². The van der Waals surface area contributed by atoms with Gasteiger partial charge >= 0.3 is 5.97 Å². The molecule has 0 aliphatic carbocycles. The lowest BCUT2D eigenvalue weighted by Crippen LogP contribution is -2.24. The Morgan fingerprint density at radius 1 is 1.24 bits per heavy atom. The van der Waals surface area contributed by atoms with Crippen LogP contribution in [0.1, 0.15) is 19.4 Å². The maximum absolute atomic E-state index is 11.6. The molecule has 2 aromatic heterocycles. The van der Waals surface area contributed by atoms with E-state index in [-0.39, 0.29) is 5.57 Å². The molecular weight excluding hydrogens is 392 g/mol. The van der Waals surface area contributed by atoms with Crippen molar-refractivity contribution in [3.05, 3.63) is 47.9 Å². The van der Waals surface area contributed by atoms with E-state index in [0.29, 0.717) is 44.3 Å². The number of anilines is 1. The van der Waals surface area contributed by atoms with E-state index in [4.69, 9.17) is 21.3 Å². The summed E-state index contributed by atoms with van der Waals surface area (Å²) in [5, 5.41) is 10.7. The number of ether oxygens (including phenoxy) is 1. The van der Waals surface area contributed by atoms with Gasteiger partial charge in [0.15, 0.2) is 5.75 Å². The number of rotatable bonds is 7. The molecule has 0 fully saturated rings. The molecule has 29 heavy (non-hydrogen) atoms. The molecule has 0 saturated heterocycles. The predicted octanol–water partition coefficient (Wildman–Crippen LogP) is 4.30. The molecule has 2 heterocycles. The van der Waals surface area contributed by atoms with E-state index in [1.165, 1.54) is 13.3 Å². The fourth-order valence-corrected chi connectivity index (χ4v) is 3.33. The SMILES string of the molecule is C=C(C(=O)O)c1cc(-c2cncc(Cl)c2)c2cnc(N(CC)CC)nc2c1OC. The number of methoxy groups -OCH3 is 1. The van der Waals surface area contributed by atoms with Gasteiger partial charge in [-0.2, -0.15) is 0 Å². The predicted molar refractivity (Wildman–Crippen MR) is 115 cm³/mol.